The van der Waals surface area contributed by atoms with Gasteiger partial charge in [0.15, 0.2) is 5.69 Å². The van der Waals surface area contributed by atoms with Crippen LogP contribution in [0.15, 0.2) is 4.52 Å². The molecule has 6 heteroatoms. The molecule has 1 aliphatic rings. The van der Waals surface area contributed by atoms with E-state index in [-0.39, 0.29) is 0 Å². The predicted octanol–water partition coefficient (Wildman–Crippen LogP) is 0.907. The number of aryl methyl sites for hydroxylation is 1. The van der Waals surface area contributed by atoms with Crippen LogP contribution < -0.4 is 0 Å². The molecular weight excluding hydrogens is 246 g/mol. The third-order valence-electron chi connectivity index (χ3n) is 3.43. The zero-order valence-electron chi connectivity index (χ0n) is 11.8. The highest BCUT2D eigenvalue weighted by Crippen LogP contribution is 2.17. The van der Waals surface area contributed by atoms with E-state index >= 15 is 0 Å². The lowest BCUT2D eigenvalue weighted by Gasteiger charge is -2.32. The maximum Gasteiger partial charge on any atom is 0.360 e. The fourth-order valence-corrected chi connectivity index (χ4v) is 2.17. The van der Waals surface area contributed by atoms with Gasteiger partial charge in [0.05, 0.1) is 6.61 Å². The Balaban J connectivity index is 2.07. The molecule has 6 nitrogen and oxygen atoms in total. The summed E-state index contributed by atoms with van der Waals surface area (Å²) in [5.41, 5.74) is 1.17. The predicted molar refractivity (Wildman–Crippen MR) is 70.0 cm³/mol. The van der Waals surface area contributed by atoms with Gasteiger partial charge >= 0.3 is 5.97 Å². The molecule has 19 heavy (non-hydrogen) atoms. The minimum Gasteiger partial charge on any atom is -0.461 e. The zero-order chi connectivity index (χ0) is 13.8. The molecule has 1 aromatic rings. The smallest absolute Gasteiger partial charge is 0.360 e. The van der Waals surface area contributed by atoms with Crippen LogP contribution in [-0.2, 0) is 11.3 Å². The molecule has 0 amide bonds. The van der Waals surface area contributed by atoms with E-state index in [1.807, 2.05) is 6.92 Å². The fraction of sp³-hybridized carbons (Fsp3) is 0.692. The molecule has 0 radical (unpaired) electrons. The lowest BCUT2D eigenvalue weighted by atomic mass is 10.1. The van der Waals surface area contributed by atoms with Gasteiger partial charge in [-0.25, -0.2) is 4.79 Å². The van der Waals surface area contributed by atoms with Crippen LogP contribution in [0.4, 0.5) is 0 Å². The first-order chi connectivity index (χ1) is 9.11. The zero-order valence-corrected chi connectivity index (χ0v) is 11.8. The van der Waals surface area contributed by atoms with Gasteiger partial charge in [-0.2, -0.15) is 0 Å². The Bertz CT molecular complexity index is 436. The van der Waals surface area contributed by atoms with Crippen LogP contribution in [0.1, 0.15) is 28.7 Å². The van der Waals surface area contributed by atoms with E-state index in [1.165, 1.54) is 0 Å². The number of carbonyl (C=O) groups excluding carboxylic acids is 1. The number of piperazine rings is 1. The summed E-state index contributed by atoms with van der Waals surface area (Å²) in [6, 6.07) is 0. The van der Waals surface area contributed by atoms with E-state index in [2.05, 4.69) is 22.0 Å². The van der Waals surface area contributed by atoms with E-state index in [4.69, 9.17) is 9.26 Å². The second kappa shape index (κ2) is 6.16. The van der Waals surface area contributed by atoms with E-state index in [0.717, 1.165) is 31.7 Å². The van der Waals surface area contributed by atoms with Crippen molar-refractivity contribution in [1.29, 1.82) is 0 Å². The Morgan fingerprint density at radius 1 is 1.37 bits per heavy atom. The molecule has 2 heterocycles. The summed E-state index contributed by atoms with van der Waals surface area (Å²) in [5, 5.41) is 3.83. The molecule has 0 spiro atoms. The molecule has 2 rings (SSSR count). The van der Waals surface area contributed by atoms with Crippen LogP contribution in [0.3, 0.4) is 0 Å². The topological polar surface area (TPSA) is 58.8 Å². The maximum absolute atomic E-state index is 11.8. The van der Waals surface area contributed by atoms with E-state index < -0.39 is 5.97 Å². The number of carbonyl (C=O) groups is 1. The highest BCUT2D eigenvalue weighted by molar-refractivity contribution is 5.88. The number of ether oxygens (including phenoxy) is 1. The van der Waals surface area contributed by atoms with Gasteiger partial charge < -0.3 is 14.2 Å². The molecule has 1 aliphatic heterocycles. The number of likely N-dealkylation sites (N-methyl/N-ethyl adjacent to an activating group) is 1. The lowest BCUT2D eigenvalue weighted by molar-refractivity contribution is 0.0511. The highest BCUT2D eigenvalue weighted by Gasteiger charge is 2.24. The molecule has 1 fully saturated rings. The molecule has 0 aliphatic carbocycles. The second-order valence-electron chi connectivity index (χ2n) is 4.87. The van der Waals surface area contributed by atoms with Gasteiger partial charge in [0.2, 0.25) is 0 Å². The Hall–Kier alpha value is -1.40. The third-order valence-corrected chi connectivity index (χ3v) is 3.43. The summed E-state index contributed by atoms with van der Waals surface area (Å²) in [5.74, 6) is 0.297. The van der Waals surface area contributed by atoms with Crippen molar-refractivity contribution < 1.29 is 14.1 Å². The van der Waals surface area contributed by atoms with Crippen molar-refractivity contribution in [3.8, 4) is 0 Å². The molecule has 0 atom stereocenters. The summed E-state index contributed by atoms with van der Waals surface area (Å²) in [4.78, 5) is 16.4. The van der Waals surface area contributed by atoms with Gasteiger partial charge in [-0.3, -0.25) is 4.90 Å². The standard InChI is InChI=1S/C13H21N3O3/c1-4-18-13(17)12-11(10(2)19-14-12)9-16-7-5-15(3)6-8-16/h4-9H2,1-3H3. The van der Waals surface area contributed by atoms with Crippen molar-refractivity contribution in [3.05, 3.63) is 17.0 Å². The van der Waals surface area contributed by atoms with Crippen molar-refractivity contribution >= 4 is 5.97 Å². The molecule has 0 bridgehead atoms. The number of aromatic nitrogens is 1. The highest BCUT2D eigenvalue weighted by atomic mass is 16.5. The van der Waals surface area contributed by atoms with Crippen molar-refractivity contribution in [2.45, 2.75) is 20.4 Å². The Morgan fingerprint density at radius 2 is 2.05 bits per heavy atom. The lowest BCUT2D eigenvalue weighted by Crippen LogP contribution is -2.44. The number of hydrogen-bond acceptors (Lipinski definition) is 6. The first kappa shape index (κ1) is 14.0. The molecule has 1 saturated heterocycles. The van der Waals surface area contributed by atoms with Crippen LogP contribution in [0.5, 0.6) is 0 Å². The van der Waals surface area contributed by atoms with Crippen molar-refractivity contribution in [2.75, 3.05) is 39.8 Å². The van der Waals surface area contributed by atoms with Crippen molar-refractivity contribution in [3.63, 3.8) is 0 Å². The van der Waals surface area contributed by atoms with Crippen molar-refractivity contribution in [1.82, 2.24) is 15.0 Å². The summed E-state index contributed by atoms with van der Waals surface area (Å²) < 4.78 is 10.1. The molecular formula is C13H21N3O3. The Kier molecular flexibility index (Phi) is 4.55. The van der Waals surface area contributed by atoms with Gasteiger partial charge in [-0.05, 0) is 20.9 Å². The normalized spacial score (nSPS) is 17.6. The Labute approximate surface area is 113 Å². The monoisotopic (exact) mass is 267 g/mol. The molecule has 0 saturated carbocycles. The number of rotatable bonds is 4. The minimum atomic E-state index is -0.400. The summed E-state index contributed by atoms with van der Waals surface area (Å²) in [7, 11) is 2.12. The van der Waals surface area contributed by atoms with Gasteiger partial charge in [-0.1, -0.05) is 5.16 Å². The van der Waals surface area contributed by atoms with Crippen LogP contribution in [0, 0.1) is 6.92 Å². The first-order valence-corrected chi connectivity index (χ1v) is 6.65. The van der Waals surface area contributed by atoms with Gasteiger partial charge in [0, 0.05) is 38.3 Å². The molecule has 106 valence electrons. The van der Waals surface area contributed by atoms with Crippen molar-refractivity contribution in [2.24, 2.45) is 0 Å². The van der Waals surface area contributed by atoms with Crippen LogP contribution in [0.2, 0.25) is 0 Å². The van der Waals surface area contributed by atoms with E-state index in [1.54, 1.807) is 6.92 Å². The number of hydrogen-bond donors (Lipinski definition) is 0. The maximum atomic E-state index is 11.8. The average molecular weight is 267 g/mol. The Morgan fingerprint density at radius 3 is 2.68 bits per heavy atom. The molecule has 0 N–H and O–H groups in total. The summed E-state index contributed by atoms with van der Waals surface area (Å²) >= 11 is 0. The van der Waals surface area contributed by atoms with Crippen LogP contribution in [-0.4, -0.2) is 60.8 Å². The minimum absolute atomic E-state index is 0.318. The number of nitrogens with zero attached hydrogens (tertiary/aromatic N) is 3. The second-order valence-corrected chi connectivity index (χ2v) is 4.87. The van der Waals surface area contributed by atoms with Crippen LogP contribution >= 0.6 is 0 Å². The SMILES string of the molecule is CCOC(=O)c1noc(C)c1CN1CCN(C)CC1. The van der Waals surface area contributed by atoms with E-state index in [9.17, 15) is 4.79 Å². The number of esters is 1. The molecule has 0 aromatic carbocycles. The van der Waals surface area contributed by atoms with Gasteiger partial charge in [0.25, 0.3) is 0 Å². The van der Waals surface area contributed by atoms with Crippen LogP contribution in [0.25, 0.3) is 0 Å². The quantitative estimate of drug-likeness (QED) is 0.756. The fourth-order valence-electron chi connectivity index (χ4n) is 2.17. The molecule has 1 aromatic heterocycles. The summed E-state index contributed by atoms with van der Waals surface area (Å²) in [6.07, 6.45) is 0. The third kappa shape index (κ3) is 3.33. The largest absolute Gasteiger partial charge is 0.461 e. The summed E-state index contributed by atoms with van der Waals surface area (Å²) in [6.45, 7) is 8.72. The molecule has 0 unspecified atom stereocenters. The van der Waals surface area contributed by atoms with E-state index in [0.29, 0.717) is 24.6 Å². The van der Waals surface area contributed by atoms with Gasteiger partial charge in [0.1, 0.15) is 5.76 Å². The van der Waals surface area contributed by atoms with Gasteiger partial charge in [-0.15, -0.1) is 0 Å². The average Bonchev–Trinajstić information content (AvgIpc) is 2.74. The first-order valence-electron chi connectivity index (χ1n) is 6.65.